The van der Waals surface area contributed by atoms with Gasteiger partial charge in [0, 0.05) is 78.5 Å². The van der Waals surface area contributed by atoms with Gasteiger partial charge in [0.25, 0.3) is 36.3 Å². The molecule has 0 spiro atoms. The number of esters is 1. The number of hydrogen-bond acceptors (Lipinski definition) is 18. The molecule has 530 valence electrons. The molecule has 5 aromatic rings. The molecular formula is C69H85N4O20PS4. The van der Waals surface area contributed by atoms with E-state index in [4.69, 9.17) is 23.7 Å². The first kappa shape index (κ1) is 78.2. The second kappa shape index (κ2) is 36.3. The zero-order valence-electron chi connectivity index (χ0n) is 55.1. The van der Waals surface area contributed by atoms with Crippen LogP contribution < -0.4 is 31.4 Å². The summed E-state index contributed by atoms with van der Waals surface area (Å²) < 4.78 is 169. The monoisotopic (exact) mass is 1450 g/mol. The van der Waals surface area contributed by atoms with Crippen LogP contribution in [0.4, 0.5) is 11.4 Å². The third-order valence-corrected chi connectivity index (χ3v) is 22.5. The zero-order valence-corrected chi connectivity index (χ0v) is 59.3. The van der Waals surface area contributed by atoms with Crippen LogP contribution >= 0.6 is 7.92 Å². The van der Waals surface area contributed by atoms with Gasteiger partial charge in [0.15, 0.2) is 12.3 Å². The fourth-order valence-electron chi connectivity index (χ4n) is 12.0. The van der Waals surface area contributed by atoms with E-state index in [0.717, 1.165) is 10.6 Å². The van der Waals surface area contributed by atoms with Gasteiger partial charge in [-0.2, -0.15) is 29.8 Å². The minimum atomic E-state index is -4.95. The van der Waals surface area contributed by atoms with Crippen molar-refractivity contribution in [1.82, 2.24) is 10.6 Å². The van der Waals surface area contributed by atoms with Crippen LogP contribution in [0, 0.1) is 0 Å². The fourth-order valence-corrected chi connectivity index (χ4v) is 16.4. The molecule has 0 fully saturated rings. The van der Waals surface area contributed by atoms with Gasteiger partial charge in [-0.1, -0.05) is 97.5 Å². The van der Waals surface area contributed by atoms with E-state index in [1.165, 1.54) is 37.4 Å². The predicted octanol–water partition coefficient (Wildman–Crippen LogP) is 7.21. The highest BCUT2D eigenvalue weighted by Gasteiger charge is 2.48. The Balaban J connectivity index is 1.05. The molecule has 98 heavy (non-hydrogen) atoms. The van der Waals surface area contributed by atoms with Crippen molar-refractivity contribution in [3.05, 3.63) is 186 Å². The van der Waals surface area contributed by atoms with E-state index in [1.54, 1.807) is 80.8 Å². The number of nitrogens with zero attached hydrogens (tertiary/aromatic N) is 2. The van der Waals surface area contributed by atoms with Crippen LogP contribution in [0.3, 0.4) is 0 Å². The van der Waals surface area contributed by atoms with Crippen LogP contribution in [0.15, 0.2) is 173 Å². The number of methoxy groups -OCH3 is 2. The first-order valence-corrected chi connectivity index (χ1v) is 39.2. The lowest BCUT2D eigenvalue weighted by atomic mass is 9.76. The topological polar surface area (TPSA) is 348 Å². The van der Waals surface area contributed by atoms with E-state index < -0.39 is 87.5 Å². The number of amides is 2. The summed E-state index contributed by atoms with van der Waals surface area (Å²) in [6, 6.07) is 32.5. The Morgan fingerprint density at radius 2 is 1.18 bits per heavy atom. The molecule has 2 heterocycles. The van der Waals surface area contributed by atoms with E-state index in [2.05, 4.69) is 10.6 Å². The molecule has 7 rings (SSSR count). The average Bonchev–Trinajstić information content (AvgIpc) is 1.57. The van der Waals surface area contributed by atoms with Crippen molar-refractivity contribution in [3.8, 4) is 0 Å². The normalized spacial score (nSPS) is 17.0. The Morgan fingerprint density at radius 3 is 1.79 bits per heavy atom. The molecule has 2 aliphatic rings. The minimum Gasteiger partial charge on any atom is -0.744 e. The molecule has 5 N–H and O–H groups in total. The highest BCUT2D eigenvalue weighted by molar-refractivity contribution is 7.86. The highest BCUT2D eigenvalue weighted by Crippen LogP contribution is 2.52. The number of rotatable bonds is 40. The van der Waals surface area contributed by atoms with Gasteiger partial charge >= 0.3 is 5.97 Å². The van der Waals surface area contributed by atoms with Crippen LogP contribution in [0.2, 0.25) is 0 Å². The molecule has 2 aliphatic heterocycles. The lowest BCUT2D eigenvalue weighted by molar-refractivity contribution is -0.442. The minimum absolute atomic E-state index is 0.0210. The van der Waals surface area contributed by atoms with Crippen LogP contribution in [-0.2, 0) is 79.8 Å². The second-order valence-electron chi connectivity index (χ2n) is 23.6. The first-order valence-electron chi connectivity index (χ1n) is 31.8. The lowest BCUT2D eigenvalue weighted by Crippen LogP contribution is -2.35. The molecule has 0 saturated heterocycles. The van der Waals surface area contributed by atoms with E-state index >= 15 is 0 Å². The molecular weight excluding hydrogens is 1360 g/mol. The average molecular weight is 1450 g/mol. The SMILES string of the molecule is COCCOCCOCCOCC[N+]1=C(/C=C/C=C/C=C/C=C2/N(CCCCCC(=O)NCCNC(=O)c3ccc(C(=O)OC)c(P(c4ccccc4)c4ccccc4)c3)c3ccc(S(=O)(=O)[O-])cc3C2(C)CCCS(=O)(=O)O)C(C)(CCCS(=O)(=O)O)c2cc(S(=O)(=O)O)ccc21. The van der Waals surface area contributed by atoms with Crippen molar-refractivity contribution < 1.29 is 94.5 Å². The van der Waals surface area contributed by atoms with E-state index in [9.17, 15) is 66.3 Å². The summed E-state index contributed by atoms with van der Waals surface area (Å²) in [5.74, 6) is -2.36. The third kappa shape index (κ3) is 22.2. The Hall–Kier alpha value is -7.15. The smallest absolute Gasteiger partial charge is 0.338 e. The summed E-state index contributed by atoms with van der Waals surface area (Å²) in [4.78, 5) is 41.0. The van der Waals surface area contributed by atoms with Crippen LogP contribution in [0.1, 0.15) is 97.1 Å². The van der Waals surface area contributed by atoms with E-state index in [0.29, 0.717) is 103 Å². The van der Waals surface area contributed by atoms with Crippen molar-refractivity contribution in [1.29, 1.82) is 0 Å². The van der Waals surface area contributed by atoms with E-state index in [1.807, 2.05) is 77.1 Å². The fraction of sp³-hybridized carbons (Fsp3) is 0.391. The van der Waals surface area contributed by atoms with Gasteiger partial charge < -0.3 is 43.8 Å². The van der Waals surface area contributed by atoms with Crippen LogP contribution in [0.5, 0.6) is 0 Å². The Kier molecular flexibility index (Phi) is 28.9. The highest BCUT2D eigenvalue weighted by atomic mass is 32.2. The quantitative estimate of drug-likeness (QED) is 0.00646. The van der Waals surface area contributed by atoms with Crippen molar-refractivity contribution in [3.63, 3.8) is 0 Å². The number of fused-ring (bicyclic) bond motifs is 2. The van der Waals surface area contributed by atoms with Gasteiger partial charge in [0.2, 0.25) is 11.6 Å². The third-order valence-electron chi connectivity index (χ3n) is 16.7. The number of benzene rings is 5. The number of ether oxygens (including phenoxy) is 5. The molecule has 2 unspecified atom stereocenters. The van der Waals surface area contributed by atoms with Crippen LogP contribution in [0.25, 0.3) is 0 Å². The summed E-state index contributed by atoms with van der Waals surface area (Å²) in [7, 11) is -16.8. The second-order valence-corrected chi connectivity index (χ2v) is 31.7. The predicted molar refractivity (Wildman–Crippen MR) is 374 cm³/mol. The maximum absolute atomic E-state index is 13.6. The molecule has 0 saturated carbocycles. The lowest BCUT2D eigenvalue weighted by Gasteiger charge is -2.30. The summed E-state index contributed by atoms with van der Waals surface area (Å²) in [6.45, 7) is 6.73. The molecule has 0 bridgehead atoms. The molecule has 24 nitrogen and oxygen atoms in total. The Morgan fingerprint density at radius 1 is 0.612 bits per heavy atom. The largest absolute Gasteiger partial charge is 0.744 e. The van der Waals surface area contributed by atoms with Gasteiger partial charge in [0.05, 0.1) is 79.0 Å². The van der Waals surface area contributed by atoms with Crippen molar-refractivity contribution in [2.75, 3.05) is 103 Å². The Bertz CT molecular complexity index is 4190. The standard InChI is InChI=1S/C69H85N4O20PS4/c1-68(34-19-47-95(77,78)79)58-50-55(97(83,84)85)29-32-60(58)72(38-18-10-17-27-65(74)70-36-37-71-66(75)52-28-31-57(67(76)90-4)62(49-52)94(53-21-11-8-12-22-53)54-23-13-9-14-24-54)63(68)25-15-6-5-7-16-26-64-69(2,35-20-48-96(80,81)82)59-51-56(98(86,87)88)30-33-61(59)73(64)39-40-91-43-44-93-46-45-92-42-41-89-3/h5-9,11-16,21-26,28-33,49-51H,10,17-20,27,34-48H2,1-4H3,(H5-,70,71,74,75,77,78,79,80,81,82,83,84,85,86,87,88). The molecule has 0 radical (unpaired) electrons. The van der Waals surface area contributed by atoms with Crippen molar-refractivity contribution in [2.45, 2.75) is 85.8 Å². The summed E-state index contributed by atoms with van der Waals surface area (Å²) in [5, 5.41) is 8.31. The van der Waals surface area contributed by atoms with Crippen molar-refractivity contribution in [2.24, 2.45) is 0 Å². The number of allylic oxidation sites excluding steroid dienone is 8. The number of hydrogen-bond donors (Lipinski definition) is 5. The number of carbonyl (C=O) groups excluding carboxylic acids is 3. The zero-order chi connectivity index (χ0) is 71.2. The van der Waals surface area contributed by atoms with E-state index in [-0.39, 0.29) is 82.4 Å². The molecule has 2 amide bonds. The molecule has 5 aromatic carbocycles. The number of unbranched alkanes of at least 4 members (excludes halogenated alkanes) is 2. The molecule has 2 atom stereocenters. The molecule has 0 aliphatic carbocycles. The van der Waals surface area contributed by atoms with Gasteiger partial charge in [-0.3, -0.25) is 23.2 Å². The number of nitrogens with one attached hydrogen (secondary N) is 2. The van der Waals surface area contributed by atoms with Crippen molar-refractivity contribution >= 4 is 99.2 Å². The maximum Gasteiger partial charge on any atom is 0.338 e. The molecule has 0 aromatic heterocycles. The van der Waals surface area contributed by atoms with Gasteiger partial charge in [-0.15, -0.1) is 0 Å². The van der Waals surface area contributed by atoms with Crippen LogP contribution in [-0.4, -0.2) is 178 Å². The summed E-state index contributed by atoms with van der Waals surface area (Å²) >= 11 is 0. The Labute approximate surface area is 575 Å². The first-order chi connectivity index (χ1) is 46.6. The maximum atomic E-state index is 13.6. The van der Waals surface area contributed by atoms with Gasteiger partial charge in [-0.05, 0) is 131 Å². The molecule has 29 heteroatoms. The number of anilines is 1. The van der Waals surface area contributed by atoms with Gasteiger partial charge in [0.1, 0.15) is 16.7 Å². The van der Waals surface area contributed by atoms with Gasteiger partial charge in [-0.25, -0.2) is 13.2 Å². The number of carbonyl (C=O) groups is 3. The summed E-state index contributed by atoms with van der Waals surface area (Å²) in [6.07, 6.45) is 14.0. The summed E-state index contributed by atoms with van der Waals surface area (Å²) in [5.41, 5.74) is 1.80.